The minimum absolute atomic E-state index is 0.00804. The fourth-order valence-electron chi connectivity index (χ4n) is 5.92. The van der Waals surface area contributed by atoms with E-state index in [9.17, 15) is 19.5 Å². The van der Waals surface area contributed by atoms with E-state index in [1.165, 1.54) is 22.3 Å². The van der Waals surface area contributed by atoms with Crippen molar-refractivity contribution >= 4 is 18.0 Å². The van der Waals surface area contributed by atoms with Gasteiger partial charge < -0.3 is 20.1 Å². The minimum Gasteiger partial charge on any atom is -0.481 e. The Morgan fingerprint density at radius 1 is 1.06 bits per heavy atom. The number of fused-ring (bicyclic) bond motifs is 3. The van der Waals surface area contributed by atoms with E-state index in [1.807, 2.05) is 24.3 Å². The van der Waals surface area contributed by atoms with E-state index in [1.54, 1.807) is 11.8 Å². The van der Waals surface area contributed by atoms with Crippen LogP contribution in [0, 0.1) is 11.3 Å². The molecule has 0 bridgehead atoms. The van der Waals surface area contributed by atoms with Gasteiger partial charge in [0.05, 0.1) is 5.41 Å². The lowest BCUT2D eigenvalue weighted by Gasteiger charge is -2.21. The third-order valence-electron chi connectivity index (χ3n) is 8.01. The summed E-state index contributed by atoms with van der Waals surface area (Å²) in [5.41, 5.74) is 3.91. The highest BCUT2D eigenvalue weighted by atomic mass is 16.5. The molecule has 2 amide bonds. The first-order valence-electron chi connectivity index (χ1n) is 12.5. The number of ether oxygens (including phenoxy) is 1. The second kappa shape index (κ2) is 9.36. The van der Waals surface area contributed by atoms with Gasteiger partial charge in [0.2, 0.25) is 5.91 Å². The molecule has 3 atom stereocenters. The van der Waals surface area contributed by atoms with Crippen LogP contribution in [0.25, 0.3) is 11.1 Å². The van der Waals surface area contributed by atoms with Gasteiger partial charge in [-0.3, -0.25) is 9.59 Å². The van der Waals surface area contributed by atoms with E-state index < -0.39 is 17.5 Å². The Morgan fingerprint density at radius 2 is 1.71 bits per heavy atom. The Morgan fingerprint density at radius 3 is 2.34 bits per heavy atom. The molecular weight excluding hydrogens is 444 g/mol. The predicted molar refractivity (Wildman–Crippen MR) is 131 cm³/mol. The summed E-state index contributed by atoms with van der Waals surface area (Å²) in [5, 5.41) is 12.4. The van der Waals surface area contributed by atoms with E-state index in [0.717, 1.165) is 19.3 Å². The number of alkyl carbamates (subject to hydrolysis) is 1. The lowest BCUT2D eigenvalue weighted by atomic mass is 9.90. The molecule has 1 saturated heterocycles. The zero-order chi connectivity index (χ0) is 24.6. The molecule has 0 radical (unpaired) electrons. The first-order chi connectivity index (χ1) is 16.8. The first-order valence-corrected chi connectivity index (χ1v) is 12.5. The molecule has 7 heteroatoms. The van der Waals surface area contributed by atoms with Crippen LogP contribution >= 0.6 is 0 Å². The van der Waals surface area contributed by atoms with Crippen molar-refractivity contribution in [3.63, 3.8) is 0 Å². The van der Waals surface area contributed by atoms with Crippen molar-refractivity contribution < 1.29 is 24.2 Å². The normalized spacial score (nSPS) is 25.2. The number of carbonyl (C=O) groups excluding carboxylic acids is 2. The molecule has 2 fully saturated rings. The molecule has 2 aromatic rings. The molecule has 1 heterocycles. The van der Waals surface area contributed by atoms with Gasteiger partial charge in [-0.1, -0.05) is 48.5 Å². The zero-order valence-corrected chi connectivity index (χ0v) is 20.0. The van der Waals surface area contributed by atoms with Crippen LogP contribution in [0.15, 0.2) is 48.5 Å². The summed E-state index contributed by atoms with van der Waals surface area (Å²) in [4.78, 5) is 38.4. The number of rotatable bonds is 6. The van der Waals surface area contributed by atoms with Crippen LogP contribution in [0.3, 0.4) is 0 Å². The summed E-state index contributed by atoms with van der Waals surface area (Å²) >= 11 is 0. The van der Waals surface area contributed by atoms with Crippen LogP contribution in [0.5, 0.6) is 0 Å². The van der Waals surface area contributed by atoms with Crippen LogP contribution in [-0.2, 0) is 14.3 Å². The Bertz CT molecular complexity index is 1100. The van der Waals surface area contributed by atoms with Crippen molar-refractivity contribution in [2.75, 3.05) is 19.7 Å². The fraction of sp³-hybridized carbons (Fsp3) is 0.464. The summed E-state index contributed by atoms with van der Waals surface area (Å²) in [5.74, 6) is -0.611. The second-order valence-electron chi connectivity index (χ2n) is 10.5. The van der Waals surface area contributed by atoms with Gasteiger partial charge >= 0.3 is 12.1 Å². The highest BCUT2D eigenvalue weighted by Crippen LogP contribution is 2.44. The molecule has 5 rings (SSSR count). The summed E-state index contributed by atoms with van der Waals surface area (Å²) in [6, 6.07) is 16.5. The lowest BCUT2D eigenvalue weighted by Crippen LogP contribution is -2.36. The van der Waals surface area contributed by atoms with Gasteiger partial charge in [-0.2, -0.15) is 0 Å². The van der Waals surface area contributed by atoms with Gasteiger partial charge in [-0.05, 0) is 60.8 Å². The van der Waals surface area contributed by atoms with Crippen LogP contribution in [0.2, 0.25) is 0 Å². The van der Waals surface area contributed by atoms with Gasteiger partial charge in [-0.25, -0.2) is 4.79 Å². The molecule has 35 heavy (non-hydrogen) atoms. The van der Waals surface area contributed by atoms with Crippen LogP contribution in [0.1, 0.15) is 56.1 Å². The average molecular weight is 477 g/mol. The Hall–Kier alpha value is -3.35. The van der Waals surface area contributed by atoms with Crippen LogP contribution < -0.4 is 5.32 Å². The number of hydrogen-bond acceptors (Lipinski definition) is 4. The Kier molecular flexibility index (Phi) is 6.26. The SMILES string of the molecule is CC1(C(=O)O)CCN(C(=O)C[C@@H]2CC[C@H](NC(=O)OCC3c4ccccc4-c4ccccc43)C2)C1. The van der Waals surface area contributed by atoms with E-state index in [0.29, 0.717) is 19.4 Å². The number of nitrogens with one attached hydrogen (secondary N) is 1. The standard InChI is InChI=1S/C28H32N2O5/c1-28(26(32)33)12-13-30(17-28)25(31)15-18-10-11-19(14-18)29-27(34)35-16-24-22-8-4-2-6-20(22)21-7-3-5-9-23(21)24/h2-9,18-19,24H,10-17H2,1H3,(H,29,34)(H,32,33)/t18-,19+,28?/m1/s1. The first kappa shape index (κ1) is 23.4. The smallest absolute Gasteiger partial charge is 0.407 e. The van der Waals surface area contributed by atoms with Gasteiger partial charge in [0.25, 0.3) is 0 Å². The molecule has 1 aliphatic heterocycles. The third-order valence-corrected chi connectivity index (χ3v) is 8.01. The van der Waals surface area contributed by atoms with Gasteiger partial charge in [-0.15, -0.1) is 0 Å². The monoisotopic (exact) mass is 476 g/mol. The summed E-state index contributed by atoms with van der Waals surface area (Å²) < 4.78 is 5.66. The van der Waals surface area contributed by atoms with Crippen molar-refractivity contribution in [2.24, 2.45) is 11.3 Å². The summed E-state index contributed by atoms with van der Waals surface area (Å²) in [6.07, 6.45) is 2.89. The van der Waals surface area contributed by atoms with Crippen molar-refractivity contribution in [3.8, 4) is 11.1 Å². The van der Waals surface area contributed by atoms with Crippen molar-refractivity contribution in [3.05, 3.63) is 59.7 Å². The maximum absolute atomic E-state index is 12.7. The third kappa shape index (κ3) is 4.64. The largest absolute Gasteiger partial charge is 0.481 e. The lowest BCUT2D eigenvalue weighted by molar-refractivity contribution is -0.147. The molecule has 1 unspecified atom stereocenters. The van der Waals surface area contributed by atoms with E-state index in [4.69, 9.17) is 4.74 Å². The molecule has 0 spiro atoms. The highest BCUT2D eigenvalue weighted by molar-refractivity contribution is 5.81. The van der Waals surface area contributed by atoms with Gasteiger partial charge in [0.1, 0.15) is 6.61 Å². The van der Waals surface area contributed by atoms with Crippen molar-refractivity contribution in [1.82, 2.24) is 10.2 Å². The number of benzene rings is 2. The van der Waals surface area contributed by atoms with Gasteiger partial charge in [0.15, 0.2) is 0 Å². The maximum atomic E-state index is 12.7. The van der Waals surface area contributed by atoms with E-state index >= 15 is 0 Å². The molecule has 1 saturated carbocycles. The molecule has 2 aliphatic carbocycles. The molecule has 184 valence electrons. The van der Waals surface area contributed by atoms with Gasteiger partial charge in [0, 0.05) is 31.5 Å². The van der Waals surface area contributed by atoms with Crippen molar-refractivity contribution in [2.45, 2.75) is 51.0 Å². The predicted octanol–water partition coefficient (Wildman–Crippen LogP) is 4.41. The molecule has 7 nitrogen and oxygen atoms in total. The number of aliphatic carboxylic acids is 1. The number of likely N-dealkylation sites (tertiary alicyclic amines) is 1. The van der Waals surface area contributed by atoms with E-state index in [-0.39, 0.29) is 36.9 Å². The zero-order valence-electron chi connectivity index (χ0n) is 20.0. The summed E-state index contributed by atoms with van der Waals surface area (Å²) in [7, 11) is 0. The van der Waals surface area contributed by atoms with Crippen LogP contribution in [-0.4, -0.2) is 53.7 Å². The molecule has 2 N–H and O–H groups in total. The highest BCUT2D eigenvalue weighted by Gasteiger charge is 2.42. The molecule has 2 aromatic carbocycles. The minimum atomic E-state index is -0.848. The van der Waals surface area contributed by atoms with E-state index in [2.05, 4.69) is 29.6 Å². The topological polar surface area (TPSA) is 95.9 Å². The number of carbonyl (C=O) groups is 3. The van der Waals surface area contributed by atoms with Crippen molar-refractivity contribution in [1.29, 1.82) is 0 Å². The number of hydrogen-bond donors (Lipinski definition) is 2. The Labute approximate surface area is 205 Å². The molecular formula is C28H32N2O5. The Balaban J connectivity index is 1.10. The fourth-order valence-corrected chi connectivity index (χ4v) is 5.92. The number of nitrogens with zero attached hydrogens (tertiary/aromatic N) is 1. The summed E-state index contributed by atoms with van der Waals surface area (Å²) in [6.45, 7) is 2.75. The molecule has 0 aromatic heterocycles. The second-order valence-corrected chi connectivity index (χ2v) is 10.5. The maximum Gasteiger partial charge on any atom is 0.407 e. The average Bonchev–Trinajstić information content (AvgIpc) is 3.54. The van der Waals surface area contributed by atoms with Crippen LogP contribution in [0.4, 0.5) is 4.79 Å². The molecule has 3 aliphatic rings. The quantitative estimate of drug-likeness (QED) is 0.644. The number of amides is 2. The number of carboxylic acid groups (broad SMARTS) is 1. The number of carboxylic acids is 1.